The average Bonchev–Trinajstić information content (AvgIpc) is 2.30. The summed E-state index contributed by atoms with van der Waals surface area (Å²) in [6.07, 6.45) is 23.6. The first kappa shape index (κ1) is 91.1. The third-order valence-electron chi connectivity index (χ3n) is 14.0. The van der Waals surface area contributed by atoms with Gasteiger partial charge < -0.3 is 53.9 Å². The molecular formula is C64H100BrF3MgN2O14. The molecule has 5 aliphatic rings. The summed E-state index contributed by atoms with van der Waals surface area (Å²) in [6.45, 7) is 40.6. The number of halogens is 4. The van der Waals surface area contributed by atoms with Gasteiger partial charge in [-0.2, -0.15) is 32.3 Å². The predicted octanol–water partition coefficient (Wildman–Crippen LogP) is 9.17. The van der Waals surface area contributed by atoms with E-state index in [2.05, 4.69) is 57.4 Å². The summed E-state index contributed by atoms with van der Waals surface area (Å²) in [5.41, 5.74) is -0.878. The third-order valence-corrected chi connectivity index (χ3v) is 14.0. The molecule has 8 atom stereocenters. The minimum Gasteiger partial charge on any atom is -1.00 e. The maximum Gasteiger partial charge on any atom is 2.00 e. The molecule has 0 radical (unpaired) electrons. The van der Waals surface area contributed by atoms with E-state index in [-0.39, 0.29) is 117 Å². The second kappa shape index (κ2) is 49.0. The van der Waals surface area contributed by atoms with Crippen molar-refractivity contribution in [2.45, 2.75) is 203 Å². The van der Waals surface area contributed by atoms with Gasteiger partial charge in [0.25, 0.3) is 0 Å². The van der Waals surface area contributed by atoms with E-state index in [0.717, 1.165) is 77.0 Å². The molecule has 4 N–H and O–H groups in total. The number of aliphatic hydroxyl groups is 2. The average molecular weight is 1280 g/mol. The second-order valence-electron chi connectivity index (χ2n) is 22.7. The molecule has 0 saturated heterocycles. The van der Waals surface area contributed by atoms with Crippen LogP contribution in [0.4, 0.5) is 13.2 Å². The molecule has 85 heavy (non-hydrogen) atoms. The molecule has 480 valence electrons. The summed E-state index contributed by atoms with van der Waals surface area (Å²) in [6, 6.07) is 0. The van der Waals surface area contributed by atoms with Crippen LogP contribution in [0.25, 0.3) is 0 Å². The normalized spacial score (nSPS) is 23.5. The van der Waals surface area contributed by atoms with Gasteiger partial charge in [-0.1, -0.05) is 44.2 Å². The molecule has 5 aliphatic carbocycles. The number of ether oxygens (including phenoxy) is 2. The maximum absolute atomic E-state index is 12.8. The van der Waals surface area contributed by atoms with Crippen LogP contribution in [-0.4, -0.2) is 118 Å². The van der Waals surface area contributed by atoms with Gasteiger partial charge in [0.1, 0.15) is 6.61 Å². The smallest absolute Gasteiger partial charge is 1.00 e. The largest absolute Gasteiger partial charge is 2.00 e. The van der Waals surface area contributed by atoms with Gasteiger partial charge >= 0.3 is 53.5 Å². The van der Waals surface area contributed by atoms with Crippen LogP contribution in [0.2, 0.25) is 0 Å². The number of allylic oxidation sites excluding steroid dienone is 9. The van der Waals surface area contributed by atoms with E-state index in [4.69, 9.17) is 33.8 Å². The number of hydrogen-bond donors (Lipinski definition) is 4. The Morgan fingerprint density at radius 1 is 0.694 bits per heavy atom. The van der Waals surface area contributed by atoms with Gasteiger partial charge in [-0.3, -0.25) is 35.3 Å². The van der Waals surface area contributed by atoms with Crippen molar-refractivity contribution in [2.24, 2.45) is 46.3 Å². The Morgan fingerprint density at radius 3 is 1.33 bits per heavy atom. The molecule has 2 saturated carbocycles. The molecule has 5 rings (SSSR count). The first-order chi connectivity index (χ1) is 38.7. The minimum absolute atomic E-state index is 0. The molecule has 0 spiro atoms. The maximum atomic E-state index is 12.8. The summed E-state index contributed by atoms with van der Waals surface area (Å²) in [7, 11) is 0. The minimum atomic E-state index is -4.40. The third kappa shape index (κ3) is 40.1. The number of hydrogen-bond acceptors (Lipinski definition) is 14. The summed E-state index contributed by atoms with van der Waals surface area (Å²) in [5.74, 6) is 1.18. The number of alkyl halides is 3. The summed E-state index contributed by atoms with van der Waals surface area (Å²) >= 11 is 0. The van der Waals surface area contributed by atoms with E-state index in [1.807, 2.05) is 85.8 Å². The molecular weight excluding hydrogens is 1180 g/mol. The molecule has 16 nitrogen and oxygen atoms in total. The van der Waals surface area contributed by atoms with E-state index < -0.39 is 23.6 Å². The fourth-order valence-corrected chi connectivity index (χ4v) is 9.54. The van der Waals surface area contributed by atoms with E-state index in [0.29, 0.717) is 62.3 Å². The molecule has 0 aromatic rings. The van der Waals surface area contributed by atoms with Gasteiger partial charge in [0.05, 0.1) is 41.6 Å². The number of carbonyl (C=O) groups excluding carboxylic acids is 10. The fraction of sp³-hybridized carbons (Fsp3) is 0.656. The van der Waals surface area contributed by atoms with Crippen LogP contribution in [0.3, 0.4) is 0 Å². The van der Waals surface area contributed by atoms with Crippen molar-refractivity contribution in [3.8, 4) is 0 Å². The van der Waals surface area contributed by atoms with Crippen LogP contribution in [0.15, 0.2) is 80.2 Å². The van der Waals surface area contributed by atoms with Crippen LogP contribution >= 0.6 is 0 Å². The molecule has 0 aliphatic heterocycles. The van der Waals surface area contributed by atoms with E-state index >= 15 is 0 Å². The number of ketones is 2. The van der Waals surface area contributed by atoms with Crippen LogP contribution in [0.5, 0.6) is 0 Å². The van der Waals surface area contributed by atoms with E-state index in [1.165, 1.54) is 5.57 Å². The molecule has 0 aromatic heterocycles. The first-order valence-corrected chi connectivity index (χ1v) is 28.4. The van der Waals surface area contributed by atoms with Crippen molar-refractivity contribution >= 4 is 70.7 Å². The van der Waals surface area contributed by atoms with Crippen molar-refractivity contribution in [1.29, 1.82) is 0 Å². The predicted molar refractivity (Wildman–Crippen MR) is 319 cm³/mol. The Bertz CT molecular complexity index is 2080. The topological polar surface area (TPSA) is 254 Å². The molecule has 2 amide bonds. The molecule has 0 aromatic carbocycles. The summed E-state index contributed by atoms with van der Waals surface area (Å²) in [4.78, 5) is 104. The van der Waals surface area contributed by atoms with Crippen LogP contribution in [-0.2, 0) is 57.4 Å². The van der Waals surface area contributed by atoms with Gasteiger partial charge in [-0.25, -0.2) is 0 Å². The number of nitrogens with one attached hydrogen (secondary N) is 2. The summed E-state index contributed by atoms with van der Waals surface area (Å²) in [5, 5.41) is 22.8. The first-order valence-electron chi connectivity index (χ1n) is 28.4. The van der Waals surface area contributed by atoms with Crippen LogP contribution in [0, 0.1) is 52.9 Å². The summed E-state index contributed by atoms with van der Waals surface area (Å²) < 4.78 is 42.0. The molecule has 2 fully saturated rings. The van der Waals surface area contributed by atoms with Crippen LogP contribution < -0.4 is 27.6 Å². The van der Waals surface area contributed by atoms with Crippen molar-refractivity contribution in [3.05, 3.63) is 86.8 Å². The van der Waals surface area contributed by atoms with Crippen molar-refractivity contribution < 1.29 is 97.8 Å². The molecule has 21 heteroatoms. The number of amides is 2. The zero-order valence-electron chi connectivity index (χ0n) is 52.9. The SMILES string of the molecule is C=CC1CCC(CC)=C(O)C1.C=C[C@@H]1CC[C@@H](C(=O)OCC)[C@@](C)(C(=O)NC(C)(C)C)C1.C=C[C@@H]1CC[C@@H](C(=O)OCC)[C@@](C)(C(=O)NC(C)(C)C)C1.CCC1CCC=CC1=O.O=C1C=CCCC1.O=C=O.O=C=O.OCC(F)(F)F.[Br-].[CH-]=C.[Mg+2]. The van der Waals surface area contributed by atoms with Crippen molar-refractivity contribution in [2.75, 3.05) is 19.8 Å². The Kier molecular flexibility index (Phi) is 52.5. The molecule has 0 bridgehead atoms. The number of carbonyl (C=O) groups is 6. The Labute approximate surface area is 532 Å². The molecule has 2 unspecified atom stereocenters. The standard InChI is InChI=1S/2C17H29NO3.C10H16O.C8H12O.C6H8O.C2H3F3O.C2H3.2CO2.BrH.Mg/c2*1-7-12-9-10-13(14(19)21-8-2)17(6,11-12)15(20)18-16(3,4)5;1-3-8-5-6-9(4-2)10(11)7-8;1-2-7-5-3-4-6-8(7)9;7-6-4-2-1-3-5-6;3-2(4,5)1-6;1-2;2*2-1-3;;/h2*7,12-13H,1,8-11H2,2-6H3,(H,18,20);3,8,11H,1,4-7H2,2H3;4,6-7H,2-3,5H2,1H3;2,4H,1,3,5H2;6H,1H2;1H,2H2;;;1H;/q;;;;;;-1;;;;+2/p-1/t2*12-,13+,17+;;;;;;;;;/m11........./s1. The quantitative estimate of drug-likeness (QED) is 0.0652. The zero-order chi connectivity index (χ0) is 65.2. The Morgan fingerprint density at radius 2 is 1.08 bits per heavy atom. The number of aliphatic hydroxyl groups excluding tert-OH is 2. The Hall–Kier alpha value is -5.04. The fourth-order valence-electron chi connectivity index (χ4n) is 9.54. The van der Waals surface area contributed by atoms with E-state index in [9.17, 15) is 47.0 Å². The van der Waals surface area contributed by atoms with Gasteiger partial charge in [-0.15, -0.1) is 19.7 Å². The van der Waals surface area contributed by atoms with Gasteiger partial charge in [0.2, 0.25) is 11.8 Å². The molecule has 0 heterocycles. The van der Waals surface area contributed by atoms with E-state index in [1.54, 1.807) is 26.0 Å². The zero-order valence-corrected chi connectivity index (χ0v) is 55.9. The number of rotatable bonds is 11. The van der Waals surface area contributed by atoms with Gasteiger partial charge in [-0.05, 0) is 195 Å². The van der Waals surface area contributed by atoms with Crippen molar-refractivity contribution in [1.82, 2.24) is 10.6 Å². The second-order valence-corrected chi connectivity index (χ2v) is 22.7. The van der Waals surface area contributed by atoms with Crippen molar-refractivity contribution in [3.63, 3.8) is 0 Å². The monoisotopic (exact) mass is 1280 g/mol. The number of esters is 2. The van der Waals surface area contributed by atoms with Gasteiger partial charge in [0, 0.05) is 29.8 Å². The Balaban J connectivity index is -0.000000225. The van der Waals surface area contributed by atoms with Gasteiger partial charge in [0.15, 0.2) is 11.6 Å². The van der Waals surface area contributed by atoms with Crippen LogP contribution in [0.1, 0.15) is 186 Å².